The van der Waals surface area contributed by atoms with Crippen molar-refractivity contribution in [3.63, 3.8) is 0 Å². The highest BCUT2D eigenvalue weighted by molar-refractivity contribution is 9.10. The fourth-order valence-corrected chi connectivity index (χ4v) is 4.88. The minimum Gasteiger partial charge on any atom is -0.496 e. The van der Waals surface area contributed by atoms with Gasteiger partial charge in [0, 0.05) is 44.9 Å². The van der Waals surface area contributed by atoms with E-state index >= 15 is 0 Å². The number of benzene rings is 3. The van der Waals surface area contributed by atoms with Gasteiger partial charge in [0.2, 0.25) is 5.13 Å². The Morgan fingerprint density at radius 2 is 1.76 bits per heavy atom. The van der Waals surface area contributed by atoms with Gasteiger partial charge in [-0.2, -0.15) is 0 Å². The Morgan fingerprint density at radius 3 is 2.51 bits per heavy atom. The molecule has 0 unspecified atom stereocenters. The van der Waals surface area contributed by atoms with Crippen molar-refractivity contribution < 1.29 is 9.53 Å². The molecule has 0 spiro atoms. The number of rotatable bonds is 7. The largest absolute Gasteiger partial charge is 0.496 e. The molecule has 5 rings (SSSR count). The topological polar surface area (TPSA) is 89.0 Å². The molecule has 0 aliphatic rings. The lowest BCUT2D eigenvalue weighted by atomic mass is 10.00. The van der Waals surface area contributed by atoms with Crippen LogP contribution in [0.1, 0.15) is 15.9 Å². The summed E-state index contributed by atoms with van der Waals surface area (Å²) in [5.74, 6) is 0.570. The Hall–Kier alpha value is -4.08. The molecule has 0 saturated carbocycles. The van der Waals surface area contributed by atoms with Gasteiger partial charge in [0.15, 0.2) is 0 Å². The van der Waals surface area contributed by atoms with E-state index in [1.165, 1.54) is 11.3 Å². The van der Waals surface area contributed by atoms with Gasteiger partial charge in [-0.05, 0) is 72.6 Å². The highest BCUT2D eigenvalue weighted by Gasteiger charge is 2.17. The average Bonchev–Trinajstić information content (AvgIpc) is 3.39. The first kappa shape index (κ1) is 24.6. The van der Waals surface area contributed by atoms with Crippen LogP contribution < -0.4 is 15.4 Å². The molecule has 2 aromatic heterocycles. The number of halogens is 1. The van der Waals surface area contributed by atoms with Crippen LogP contribution in [-0.4, -0.2) is 28.2 Å². The maximum Gasteiger partial charge on any atom is 0.255 e. The minimum absolute atomic E-state index is 0.179. The second-order valence-corrected chi connectivity index (χ2v) is 10.0. The number of nitrogens with one attached hydrogen (secondary N) is 2. The van der Waals surface area contributed by atoms with Gasteiger partial charge in [0.25, 0.3) is 5.91 Å². The van der Waals surface area contributed by atoms with Crippen molar-refractivity contribution in [2.24, 2.45) is 0 Å². The predicted molar refractivity (Wildman–Crippen MR) is 152 cm³/mol. The number of methoxy groups -OCH3 is 1. The van der Waals surface area contributed by atoms with E-state index in [1.54, 1.807) is 31.6 Å². The molecule has 0 aliphatic heterocycles. The van der Waals surface area contributed by atoms with E-state index in [0.717, 1.165) is 43.2 Å². The third-order valence-electron chi connectivity index (χ3n) is 5.71. The number of hydrogen-bond donors (Lipinski definition) is 2. The number of carbonyl (C=O) groups is 1. The fourth-order valence-electron chi connectivity index (χ4n) is 3.83. The molecule has 184 valence electrons. The van der Waals surface area contributed by atoms with E-state index in [0.29, 0.717) is 16.4 Å². The van der Waals surface area contributed by atoms with Crippen molar-refractivity contribution in [2.45, 2.75) is 6.92 Å². The standard InChI is InChI=1S/C28H22BrN5O2S/c1-17-6-11-21(31-26(35)19-7-9-20(29)10-8-19)16-23(17)32-28-34-33-27(37-28)22-4-3-5-24(36-2)25(22)18-12-14-30-15-13-18/h3-16H,1-2H3,(H,31,35)(H,32,34). The van der Waals surface area contributed by atoms with E-state index < -0.39 is 0 Å². The molecule has 7 nitrogen and oxygen atoms in total. The quantitative estimate of drug-likeness (QED) is 0.212. The fraction of sp³-hybridized carbons (Fsp3) is 0.0714. The molecular weight excluding hydrogens is 550 g/mol. The maximum atomic E-state index is 12.7. The van der Waals surface area contributed by atoms with E-state index in [-0.39, 0.29) is 5.91 Å². The van der Waals surface area contributed by atoms with E-state index in [9.17, 15) is 4.79 Å². The molecular formula is C28H22BrN5O2S. The van der Waals surface area contributed by atoms with E-state index in [2.05, 4.69) is 41.7 Å². The summed E-state index contributed by atoms with van der Waals surface area (Å²) in [4.78, 5) is 16.8. The maximum absolute atomic E-state index is 12.7. The molecule has 0 bridgehead atoms. The van der Waals surface area contributed by atoms with Crippen LogP contribution in [0.15, 0.2) is 89.7 Å². The Labute approximate surface area is 226 Å². The van der Waals surface area contributed by atoms with Crippen LogP contribution in [0.5, 0.6) is 5.75 Å². The van der Waals surface area contributed by atoms with Crippen LogP contribution in [0.3, 0.4) is 0 Å². The SMILES string of the molecule is COc1cccc(-c2nnc(Nc3cc(NC(=O)c4ccc(Br)cc4)ccc3C)s2)c1-c1ccncc1. The molecule has 0 saturated heterocycles. The molecule has 2 heterocycles. The predicted octanol–water partition coefficient (Wildman–Crippen LogP) is 7.34. The van der Waals surface area contributed by atoms with Crippen molar-refractivity contribution in [3.05, 3.63) is 101 Å². The van der Waals surface area contributed by atoms with Crippen molar-refractivity contribution in [1.29, 1.82) is 0 Å². The van der Waals surface area contributed by atoms with Crippen molar-refractivity contribution in [2.75, 3.05) is 17.7 Å². The Bertz CT molecular complexity index is 1560. The van der Waals surface area contributed by atoms with Crippen LogP contribution in [-0.2, 0) is 0 Å². The minimum atomic E-state index is -0.179. The lowest BCUT2D eigenvalue weighted by Crippen LogP contribution is -2.12. The summed E-state index contributed by atoms with van der Waals surface area (Å²) in [7, 11) is 1.65. The zero-order chi connectivity index (χ0) is 25.8. The van der Waals surface area contributed by atoms with Crippen molar-refractivity contribution in [1.82, 2.24) is 15.2 Å². The van der Waals surface area contributed by atoms with Gasteiger partial charge >= 0.3 is 0 Å². The number of aryl methyl sites for hydroxylation is 1. The van der Waals surface area contributed by atoms with Crippen LogP contribution in [0.2, 0.25) is 0 Å². The van der Waals surface area contributed by atoms with Gasteiger partial charge in [-0.1, -0.05) is 45.5 Å². The second-order valence-electron chi connectivity index (χ2n) is 8.15. The number of hydrogen-bond acceptors (Lipinski definition) is 7. The lowest BCUT2D eigenvalue weighted by molar-refractivity contribution is 0.102. The Morgan fingerprint density at radius 1 is 0.973 bits per heavy atom. The van der Waals surface area contributed by atoms with Gasteiger partial charge in [0.1, 0.15) is 10.8 Å². The molecule has 3 aromatic carbocycles. The van der Waals surface area contributed by atoms with Gasteiger partial charge < -0.3 is 15.4 Å². The van der Waals surface area contributed by atoms with Crippen LogP contribution in [0.25, 0.3) is 21.7 Å². The molecule has 5 aromatic rings. The summed E-state index contributed by atoms with van der Waals surface area (Å²) in [6.45, 7) is 1.99. The number of aromatic nitrogens is 3. The number of amides is 1. The molecule has 0 aliphatic carbocycles. The van der Waals surface area contributed by atoms with Gasteiger partial charge in [-0.3, -0.25) is 9.78 Å². The summed E-state index contributed by atoms with van der Waals surface area (Å²) in [5, 5.41) is 16.5. The number of pyridine rings is 1. The Kier molecular flexibility index (Phi) is 7.25. The first-order chi connectivity index (χ1) is 18.0. The normalized spacial score (nSPS) is 10.7. The highest BCUT2D eigenvalue weighted by Crippen LogP contribution is 2.41. The number of ether oxygens (including phenoxy) is 1. The number of anilines is 3. The summed E-state index contributed by atoms with van der Waals surface area (Å²) in [5.41, 5.74) is 5.94. The first-order valence-corrected chi connectivity index (χ1v) is 13.0. The van der Waals surface area contributed by atoms with Crippen LogP contribution in [0.4, 0.5) is 16.5 Å². The van der Waals surface area contributed by atoms with Crippen molar-refractivity contribution in [3.8, 4) is 27.4 Å². The zero-order valence-corrected chi connectivity index (χ0v) is 22.4. The second kappa shape index (κ2) is 10.9. The summed E-state index contributed by atoms with van der Waals surface area (Å²) < 4.78 is 6.57. The summed E-state index contributed by atoms with van der Waals surface area (Å²) in [6.07, 6.45) is 3.51. The zero-order valence-electron chi connectivity index (χ0n) is 20.0. The van der Waals surface area contributed by atoms with Crippen LogP contribution in [0, 0.1) is 6.92 Å². The van der Waals surface area contributed by atoms with Crippen molar-refractivity contribution >= 4 is 49.7 Å². The molecule has 37 heavy (non-hydrogen) atoms. The summed E-state index contributed by atoms with van der Waals surface area (Å²) in [6, 6.07) is 22.7. The van der Waals surface area contributed by atoms with Gasteiger partial charge in [-0.25, -0.2) is 0 Å². The van der Waals surface area contributed by atoms with Gasteiger partial charge in [-0.15, -0.1) is 10.2 Å². The molecule has 0 atom stereocenters. The number of nitrogens with zero attached hydrogens (tertiary/aromatic N) is 3. The molecule has 9 heteroatoms. The molecule has 0 fully saturated rings. The monoisotopic (exact) mass is 571 g/mol. The lowest BCUT2D eigenvalue weighted by Gasteiger charge is -2.12. The Balaban J connectivity index is 1.40. The van der Waals surface area contributed by atoms with Gasteiger partial charge in [0.05, 0.1) is 7.11 Å². The van der Waals surface area contributed by atoms with E-state index in [1.807, 2.05) is 67.6 Å². The smallest absolute Gasteiger partial charge is 0.255 e. The number of carbonyl (C=O) groups excluding carboxylic acids is 1. The first-order valence-electron chi connectivity index (χ1n) is 11.4. The third kappa shape index (κ3) is 5.52. The molecule has 1 amide bonds. The molecule has 0 radical (unpaired) electrons. The highest BCUT2D eigenvalue weighted by atomic mass is 79.9. The van der Waals surface area contributed by atoms with Crippen LogP contribution >= 0.6 is 27.3 Å². The van der Waals surface area contributed by atoms with E-state index in [4.69, 9.17) is 4.74 Å². The summed E-state index contributed by atoms with van der Waals surface area (Å²) >= 11 is 4.83. The average molecular weight is 572 g/mol. The molecule has 2 N–H and O–H groups in total. The third-order valence-corrected chi connectivity index (χ3v) is 7.11.